The highest BCUT2D eigenvalue weighted by Gasteiger charge is 2.24. The molecule has 34 heavy (non-hydrogen) atoms. The molecular weight excluding hydrogens is 474 g/mol. The quantitative estimate of drug-likeness (QED) is 0.454. The Morgan fingerprint density at radius 2 is 1.82 bits per heavy atom. The van der Waals surface area contributed by atoms with E-state index < -0.39 is 10.0 Å². The number of morpholine rings is 1. The molecule has 2 heterocycles. The van der Waals surface area contributed by atoms with Crippen LogP contribution in [0.3, 0.4) is 0 Å². The number of benzene rings is 2. The summed E-state index contributed by atoms with van der Waals surface area (Å²) in [5.41, 5.74) is 2.26. The minimum absolute atomic E-state index is 0.0739. The largest absolute Gasteiger partial charge is 0.497 e. The van der Waals surface area contributed by atoms with E-state index >= 15 is 0 Å². The minimum atomic E-state index is -3.96. The van der Waals surface area contributed by atoms with E-state index in [4.69, 9.17) is 9.47 Å². The molecule has 1 aliphatic heterocycles. The maximum atomic E-state index is 13.4. The lowest BCUT2D eigenvalue weighted by molar-refractivity contribution is -0.111. The number of sulfonamides is 1. The SMILES string of the molecule is COc1ccc(NS(=O)(=O)c2cc(NC(=O)/C=C/c3ccsc3)ccc2N2CCOCC2)cc1. The van der Waals surface area contributed by atoms with Crippen molar-refractivity contribution < 1.29 is 22.7 Å². The molecule has 0 saturated carbocycles. The number of anilines is 3. The number of rotatable bonds is 8. The molecule has 0 bridgehead atoms. The molecule has 2 aromatic carbocycles. The fourth-order valence-electron chi connectivity index (χ4n) is 3.47. The highest BCUT2D eigenvalue weighted by molar-refractivity contribution is 7.92. The van der Waals surface area contributed by atoms with Crippen molar-refractivity contribution in [3.8, 4) is 5.75 Å². The van der Waals surface area contributed by atoms with E-state index in [-0.39, 0.29) is 10.8 Å². The molecule has 1 aliphatic rings. The van der Waals surface area contributed by atoms with E-state index in [0.29, 0.717) is 49.1 Å². The van der Waals surface area contributed by atoms with Gasteiger partial charge in [0, 0.05) is 30.5 Å². The van der Waals surface area contributed by atoms with Crippen LogP contribution in [-0.2, 0) is 19.6 Å². The van der Waals surface area contributed by atoms with E-state index in [9.17, 15) is 13.2 Å². The Morgan fingerprint density at radius 1 is 1.09 bits per heavy atom. The predicted molar refractivity (Wildman–Crippen MR) is 135 cm³/mol. The van der Waals surface area contributed by atoms with E-state index in [1.54, 1.807) is 60.9 Å². The maximum absolute atomic E-state index is 13.4. The molecule has 1 amide bonds. The molecule has 0 radical (unpaired) electrons. The fraction of sp³-hybridized carbons (Fsp3) is 0.208. The lowest BCUT2D eigenvalue weighted by Crippen LogP contribution is -2.37. The van der Waals surface area contributed by atoms with Crippen LogP contribution in [0.15, 0.2) is 70.3 Å². The normalized spacial score (nSPS) is 14.2. The van der Waals surface area contributed by atoms with Crippen molar-refractivity contribution in [2.24, 2.45) is 0 Å². The summed E-state index contributed by atoms with van der Waals surface area (Å²) in [6, 6.07) is 13.4. The van der Waals surface area contributed by atoms with Gasteiger partial charge in [-0.25, -0.2) is 8.42 Å². The Labute approximate surface area is 202 Å². The number of nitrogens with one attached hydrogen (secondary N) is 2. The van der Waals surface area contributed by atoms with Crippen LogP contribution in [0.1, 0.15) is 5.56 Å². The standard InChI is InChI=1S/C24H25N3O5S2/c1-31-21-6-3-19(4-7-21)26-34(29,30)23-16-20(5-8-22(23)27-11-13-32-14-12-27)25-24(28)9-2-18-10-15-33-17-18/h2-10,15-17,26H,11-14H2,1H3,(H,25,28)/b9-2+. The molecule has 178 valence electrons. The zero-order chi connectivity index (χ0) is 24.0. The van der Waals surface area contributed by atoms with Gasteiger partial charge in [-0.2, -0.15) is 11.3 Å². The van der Waals surface area contributed by atoms with Gasteiger partial charge in [-0.1, -0.05) is 0 Å². The van der Waals surface area contributed by atoms with Gasteiger partial charge in [-0.3, -0.25) is 9.52 Å². The van der Waals surface area contributed by atoms with Crippen LogP contribution in [0.4, 0.5) is 17.1 Å². The summed E-state index contributed by atoms with van der Waals surface area (Å²) >= 11 is 1.54. The van der Waals surface area contributed by atoms with Crippen molar-refractivity contribution in [1.82, 2.24) is 0 Å². The molecule has 0 unspecified atom stereocenters. The molecule has 0 atom stereocenters. The predicted octanol–water partition coefficient (Wildman–Crippen LogP) is 4.05. The molecule has 10 heteroatoms. The first-order valence-corrected chi connectivity index (χ1v) is 13.0. The van der Waals surface area contributed by atoms with Crippen LogP contribution in [0.25, 0.3) is 6.08 Å². The van der Waals surface area contributed by atoms with Crippen LogP contribution in [-0.4, -0.2) is 47.7 Å². The summed E-state index contributed by atoms with van der Waals surface area (Å²) in [5, 5.41) is 6.60. The number of methoxy groups -OCH3 is 1. The second-order valence-electron chi connectivity index (χ2n) is 7.50. The van der Waals surface area contributed by atoms with Gasteiger partial charge in [0.2, 0.25) is 5.91 Å². The molecule has 4 rings (SSSR count). The monoisotopic (exact) mass is 499 g/mol. The second kappa shape index (κ2) is 10.7. The fourth-order valence-corrected chi connectivity index (χ4v) is 5.41. The number of nitrogens with zero attached hydrogens (tertiary/aromatic N) is 1. The van der Waals surface area contributed by atoms with Gasteiger partial charge in [0.1, 0.15) is 10.6 Å². The molecule has 0 aliphatic carbocycles. The summed E-state index contributed by atoms with van der Waals surface area (Å²) in [4.78, 5) is 14.4. The number of amides is 1. The highest BCUT2D eigenvalue weighted by atomic mass is 32.2. The van der Waals surface area contributed by atoms with Gasteiger partial charge in [0.05, 0.1) is 26.0 Å². The van der Waals surface area contributed by atoms with Gasteiger partial charge >= 0.3 is 0 Å². The third-order valence-corrected chi connectivity index (χ3v) is 7.29. The van der Waals surface area contributed by atoms with Crippen molar-refractivity contribution >= 4 is 50.4 Å². The lowest BCUT2D eigenvalue weighted by atomic mass is 10.2. The number of carbonyl (C=O) groups is 1. The molecule has 8 nitrogen and oxygen atoms in total. The highest BCUT2D eigenvalue weighted by Crippen LogP contribution is 2.31. The molecule has 1 saturated heterocycles. The van der Waals surface area contributed by atoms with Gasteiger partial charge in [0.15, 0.2) is 0 Å². The average Bonchev–Trinajstić information content (AvgIpc) is 3.37. The number of thiophene rings is 1. The van der Waals surface area contributed by atoms with Crippen molar-refractivity contribution in [3.63, 3.8) is 0 Å². The topological polar surface area (TPSA) is 97.0 Å². The van der Waals surface area contributed by atoms with Crippen LogP contribution in [0.2, 0.25) is 0 Å². The Balaban J connectivity index is 1.62. The summed E-state index contributed by atoms with van der Waals surface area (Å²) in [6.45, 7) is 2.16. The van der Waals surface area contributed by atoms with Crippen LogP contribution >= 0.6 is 11.3 Å². The maximum Gasteiger partial charge on any atom is 0.264 e. The van der Waals surface area contributed by atoms with Crippen LogP contribution < -0.4 is 19.7 Å². The minimum Gasteiger partial charge on any atom is -0.497 e. The summed E-state index contributed by atoms with van der Waals surface area (Å²) in [5.74, 6) is 0.272. The third kappa shape index (κ3) is 5.96. The van der Waals surface area contributed by atoms with Crippen molar-refractivity contribution in [2.75, 3.05) is 48.4 Å². The summed E-state index contributed by atoms with van der Waals surface area (Å²) < 4.78 is 40.0. The number of carbonyl (C=O) groups excluding carboxylic acids is 1. The number of hydrogen-bond acceptors (Lipinski definition) is 7. The average molecular weight is 500 g/mol. The Morgan fingerprint density at radius 3 is 2.50 bits per heavy atom. The first-order valence-electron chi connectivity index (χ1n) is 10.6. The first-order chi connectivity index (χ1) is 16.4. The van der Waals surface area contributed by atoms with E-state index in [2.05, 4.69) is 10.0 Å². The molecule has 3 aromatic rings. The number of hydrogen-bond donors (Lipinski definition) is 2. The van der Waals surface area contributed by atoms with Crippen molar-refractivity contribution in [2.45, 2.75) is 4.90 Å². The Bertz CT molecular complexity index is 1250. The van der Waals surface area contributed by atoms with E-state index in [1.807, 2.05) is 21.7 Å². The smallest absolute Gasteiger partial charge is 0.264 e. The van der Waals surface area contributed by atoms with E-state index in [0.717, 1.165) is 5.56 Å². The van der Waals surface area contributed by atoms with Gasteiger partial charge < -0.3 is 19.7 Å². The first kappa shape index (κ1) is 23.8. The Kier molecular flexibility index (Phi) is 7.51. The summed E-state index contributed by atoms with van der Waals surface area (Å²) in [6.07, 6.45) is 3.12. The van der Waals surface area contributed by atoms with Crippen LogP contribution in [0.5, 0.6) is 5.75 Å². The zero-order valence-electron chi connectivity index (χ0n) is 18.6. The Hall–Kier alpha value is -3.34. The van der Waals surface area contributed by atoms with E-state index in [1.165, 1.54) is 12.1 Å². The molecule has 2 N–H and O–H groups in total. The molecular formula is C24H25N3O5S2. The van der Waals surface area contributed by atoms with Gasteiger partial charge in [-0.15, -0.1) is 0 Å². The zero-order valence-corrected chi connectivity index (χ0v) is 20.2. The molecule has 1 aromatic heterocycles. The van der Waals surface area contributed by atoms with Gasteiger partial charge in [-0.05, 0) is 70.9 Å². The van der Waals surface area contributed by atoms with Crippen molar-refractivity contribution in [1.29, 1.82) is 0 Å². The summed E-state index contributed by atoms with van der Waals surface area (Å²) in [7, 11) is -2.42. The molecule has 0 spiro atoms. The number of ether oxygens (including phenoxy) is 2. The lowest BCUT2D eigenvalue weighted by Gasteiger charge is -2.30. The van der Waals surface area contributed by atoms with Crippen LogP contribution in [0, 0.1) is 0 Å². The third-order valence-electron chi connectivity index (χ3n) is 5.18. The second-order valence-corrected chi connectivity index (χ2v) is 9.93. The van der Waals surface area contributed by atoms with Gasteiger partial charge in [0.25, 0.3) is 10.0 Å². The molecule has 1 fully saturated rings. The van der Waals surface area contributed by atoms with Crippen molar-refractivity contribution in [3.05, 3.63) is 70.9 Å².